The first-order valence-corrected chi connectivity index (χ1v) is 8.46. The van der Waals surface area contributed by atoms with E-state index in [-0.39, 0.29) is 29.8 Å². The molecule has 0 radical (unpaired) electrons. The van der Waals surface area contributed by atoms with Gasteiger partial charge in [0.25, 0.3) is 0 Å². The molecular weight excluding hydrogens is 472 g/mol. The average molecular weight is 493 g/mol. The maximum atomic E-state index is 12.9. The van der Waals surface area contributed by atoms with Crippen molar-refractivity contribution in [3.05, 3.63) is 84.1 Å². The van der Waals surface area contributed by atoms with E-state index in [1.54, 1.807) is 37.6 Å². The van der Waals surface area contributed by atoms with E-state index in [0.29, 0.717) is 30.7 Å². The number of guanidine groups is 1. The van der Waals surface area contributed by atoms with Crippen LogP contribution in [0.5, 0.6) is 11.6 Å². The quantitative estimate of drug-likeness (QED) is 0.310. The highest BCUT2D eigenvalue weighted by atomic mass is 127. The van der Waals surface area contributed by atoms with E-state index < -0.39 is 0 Å². The number of hydrogen-bond acceptors (Lipinski definition) is 4. The molecule has 0 fully saturated rings. The molecule has 6 nitrogen and oxygen atoms in total. The Bertz CT molecular complexity index is 873. The van der Waals surface area contributed by atoms with Crippen molar-refractivity contribution in [2.75, 3.05) is 7.05 Å². The number of nitrogens with one attached hydrogen (secondary N) is 2. The lowest BCUT2D eigenvalue weighted by molar-refractivity contribution is 0.461. The molecule has 0 amide bonds. The van der Waals surface area contributed by atoms with Crippen LogP contribution in [0.2, 0.25) is 0 Å². The molecule has 146 valence electrons. The van der Waals surface area contributed by atoms with Crippen molar-refractivity contribution in [2.45, 2.75) is 13.1 Å². The molecule has 2 heterocycles. The van der Waals surface area contributed by atoms with Gasteiger partial charge in [-0.25, -0.2) is 9.37 Å². The van der Waals surface area contributed by atoms with E-state index in [9.17, 15) is 4.39 Å². The first-order chi connectivity index (χ1) is 13.2. The van der Waals surface area contributed by atoms with Gasteiger partial charge in [0, 0.05) is 32.1 Å². The standard InChI is InChI=1S/C20H20FN5O.HI/c1-22-20(26-14-17-4-2-3-11-23-17)25-13-15-5-10-19(24-12-15)27-18-8-6-16(21)7-9-18;/h2-12H,13-14H2,1H3,(H2,22,25,26);1H. The zero-order chi connectivity index (χ0) is 18.9. The molecule has 0 aliphatic rings. The second-order valence-corrected chi connectivity index (χ2v) is 5.66. The van der Waals surface area contributed by atoms with Gasteiger partial charge in [-0.3, -0.25) is 9.98 Å². The summed E-state index contributed by atoms with van der Waals surface area (Å²) in [6, 6.07) is 15.3. The molecule has 0 spiro atoms. The summed E-state index contributed by atoms with van der Waals surface area (Å²) in [7, 11) is 1.71. The highest BCUT2D eigenvalue weighted by Gasteiger charge is 2.02. The van der Waals surface area contributed by atoms with Crippen LogP contribution in [0.25, 0.3) is 0 Å². The summed E-state index contributed by atoms with van der Waals surface area (Å²) >= 11 is 0. The van der Waals surface area contributed by atoms with Crippen molar-refractivity contribution in [3.63, 3.8) is 0 Å². The Kier molecular flexibility index (Phi) is 8.60. The lowest BCUT2D eigenvalue weighted by Gasteiger charge is -2.12. The number of pyridine rings is 2. The van der Waals surface area contributed by atoms with Crippen LogP contribution < -0.4 is 15.4 Å². The van der Waals surface area contributed by atoms with Gasteiger partial charge in [0.15, 0.2) is 5.96 Å². The fourth-order valence-corrected chi connectivity index (χ4v) is 2.28. The Labute approximate surface area is 180 Å². The van der Waals surface area contributed by atoms with Gasteiger partial charge in [-0.2, -0.15) is 0 Å². The summed E-state index contributed by atoms with van der Waals surface area (Å²) in [6.45, 7) is 1.15. The maximum Gasteiger partial charge on any atom is 0.219 e. The van der Waals surface area contributed by atoms with Crippen molar-refractivity contribution in [1.29, 1.82) is 0 Å². The lowest BCUT2D eigenvalue weighted by Crippen LogP contribution is -2.36. The summed E-state index contributed by atoms with van der Waals surface area (Å²) in [6.07, 6.45) is 3.48. The van der Waals surface area contributed by atoms with Crippen LogP contribution in [-0.2, 0) is 13.1 Å². The van der Waals surface area contributed by atoms with Gasteiger partial charge < -0.3 is 15.4 Å². The molecule has 0 aliphatic carbocycles. The molecule has 2 aromatic heterocycles. The second kappa shape index (κ2) is 11.2. The minimum atomic E-state index is -0.304. The lowest BCUT2D eigenvalue weighted by atomic mass is 10.3. The largest absolute Gasteiger partial charge is 0.439 e. The Morgan fingerprint density at radius 3 is 2.43 bits per heavy atom. The molecule has 3 aromatic rings. The normalized spacial score (nSPS) is 10.7. The van der Waals surface area contributed by atoms with Gasteiger partial charge in [0.05, 0.1) is 12.2 Å². The topological polar surface area (TPSA) is 71.4 Å². The Balaban J connectivity index is 0.00000280. The van der Waals surface area contributed by atoms with E-state index in [4.69, 9.17) is 4.74 Å². The molecule has 0 aliphatic heterocycles. The Morgan fingerprint density at radius 2 is 1.79 bits per heavy atom. The minimum Gasteiger partial charge on any atom is -0.439 e. The maximum absolute atomic E-state index is 12.9. The van der Waals surface area contributed by atoms with Gasteiger partial charge in [-0.15, -0.1) is 24.0 Å². The third-order valence-electron chi connectivity index (χ3n) is 3.68. The van der Waals surface area contributed by atoms with Gasteiger partial charge in [-0.05, 0) is 42.0 Å². The van der Waals surface area contributed by atoms with Crippen LogP contribution in [0, 0.1) is 5.82 Å². The highest BCUT2D eigenvalue weighted by Crippen LogP contribution is 2.19. The SMILES string of the molecule is CN=C(NCc1ccc(Oc2ccc(F)cc2)nc1)NCc1ccccn1.I. The van der Waals surface area contributed by atoms with Gasteiger partial charge >= 0.3 is 0 Å². The molecule has 0 saturated heterocycles. The Hall–Kier alpha value is -2.75. The third kappa shape index (κ3) is 6.76. The van der Waals surface area contributed by atoms with E-state index in [1.807, 2.05) is 24.3 Å². The fraction of sp³-hybridized carbons (Fsp3) is 0.150. The summed E-state index contributed by atoms with van der Waals surface area (Å²) < 4.78 is 18.5. The van der Waals surface area contributed by atoms with E-state index in [0.717, 1.165) is 11.3 Å². The predicted molar refractivity (Wildman–Crippen MR) is 117 cm³/mol. The van der Waals surface area contributed by atoms with Gasteiger partial charge in [0.2, 0.25) is 5.88 Å². The van der Waals surface area contributed by atoms with Gasteiger partial charge in [-0.1, -0.05) is 12.1 Å². The molecule has 1 aromatic carbocycles. The fourth-order valence-electron chi connectivity index (χ4n) is 2.28. The molecule has 8 heteroatoms. The van der Waals surface area contributed by atoms with Crippen molar-refractivity contribution in [1.82, 2.24) is 20.6 Å². The number of aromatic nitrogens is 2. The molecule has 0 bridgehead atoms. The summed E-state index contributed by atoms with van der Waals surface area (Å²) in [5.74, 6) is 1.35. The summed E-state index contributed by atoms with van der Waals surface area (Å²) in [5.41, 5.74) is 1.91. The molecule has 0 unspecified atom stereocenters. The molecule has 3 rings (SSSR count). The Morgan fingerprint density at radius 1 is 1.00 bits per heavy atom. The number of nitrogens with zero attached hydrogens (tertiary/aromatic N) is 3. The molecule has 0 saturated carbocycles. The van der Waals surface area contributed by atoms with Crippen molar-refractivity contribution >= 4 is 29.9 Å². The third-order valence-corrected chi connectivity index (χ3v) is 3.68. The molecule has 28 heavy (non-hydrogen) atoms. The highest BCUT2D eigenvalue weighted by molar-refractivity contribution is 14.0. The first-order valence-electron chi connectivity index (χ1n) is 8.46. The van der Waals surface area contributed by atoms with Crippen molar-refractivity contribution < 1.29 is 9.13 Å². The first kappa shape index (κ1) is 21.5. The van der Waals surface area contributed by atoms with Crippen LogP contribution in [0.1, 0.15) is 11.3 Å². The zero-order valence-electron chi connectivity index (χ0n) is 15.3. The minimum absolute atomic E-state index is 0. The van der Waals surface area contributed by atoms with E-state index >= 15 is 0 Å². The number of aliphatic imine (C=N–C) groups is 1. The monoisotopic (exact) mass is 493 g/mol. The van der Waals surface area contributed by atoms with Gasteiger partial charge in [0.1, 0.15) is 11.6 Å². The number of halogens is 2. The van der Waals surface area contributed by atoms with Crippen LogP contribution in [0.3, 0.4) is 0 Å². The smallest absolute Gasteiger partial charge is 0.219 e. The number of benzene rings is 1. The summed E-state index contributed by atoms with van der Waals surface area (Å²) in [4.78, 5) is 12.7. The van der Waals surface area contributed by atoms with Crippen LogP contribution in [-0.4, -0.2) is 23.0 Å². The average Bonchev–Trinajstić information content (AvgIpc) is 2.72. The van der Waals surface area contributed by atoms with Crippen molar-refractivity contribution in [2.24, 2.45) is 4.99 Å². The van der Waals surface area contributed by atoms with E-state index in [2.05, 4.69) is 25.6 Å². The summed E-state index contributed by atoms with van der Waals surface area (Å²) in [5, 5.41) is 6.43. The van der Waals surface area contributed by atoms with Crippen LogP contribution >= 0.6 is 24.0 Å². The molecular formula is C20H21FIN5O. The van der Waals surface area contributed by atoms with Crippen molar-refractivity contribution in [3.8, 4) is 11.6 Å². The number of rotatable bonds is 6. The molecule has 2 N–H and O–H groups in total. The predicted octanol–water partition coefficient (Wildman–Crippen LogP) is 3.89. The second-order valence-electron chi connectivity index (χ2n) is 5.66. The zero-order valence-corrected chi connectivity index (χ0v) is 17.6. The number of hydrogen-bond donors (Lipinski definition) is 2. The van der Waals surface area contributed by atoms with Crippen LogP contribution in [0.15, 0.2) is 72.0 Å². The number of ether oxygens (including phenoxy) is 1. The van der Waals surface area contributed by atoms with Crippen LogP contribution in [0.4, 0.5) is 4.39 Å². The molecule has 0 atom stereocenters. The van der Waals surface area contributed by atoms with E-state index in [1.165, 1.54) is 12.1 Å².